The highest BCUT2D eigenvalue weighted by Gasteiger charge is 2.44. The second kappa shape index (κ2) is 11.0. The van der Waals surface area contributed by atoms with Gasteiger partial charge in [0.2, 0.25) is 6.10 Å². The van der Waals surface area contributed by atoms with Gasteiger partial charge in [-0.1, -0.05) is 13.3 Å². The van der Waals surface area contributed by atoms with Crippen molar-refractivity contribution in [2.45, 2.75) is 59.0 Å². The molecule has 2 aliphatic rings. The minimum Gasteiger partial charge on any atom is -0.454 e. The fourth-order valence-corrected chi connectivity index (χ4v) is 3.33. The molecule has 168 valence electrons. The maximum atomic E-state index is 13.0. The molecule has 10 heteroatoms. The molecule has 1 fully saturated rings. The van der Waals surface area contributed by atoms with Crippen LogP contribution < -0.4 is 0 Å². The van der Waals surface area contributed by atoms with Gasteiger partial charge in [-0.2, -0.15) is 0 Å². The second-order valence-electron chi connectivity index (χ2n) is 7.26. The Morgan fingerprint density at radius 2 is 1.57 bits per heavy atom. The van der Waals surface area contributed by atoms with Gasteiger partial charge in [-0.05, 0) is 13.0 Å². The van der Waals surface area contributed by atoms with Crippen molar-refractivity contribution < 1.29 is 38.1 Å². The van der Waals surface area contributed by atoms with Crippen molar-refractivity contribution >= 4 is 23.8 Å². The molecule has 1 saturated heterocycles. The molecular formula is C20H30N2O8. The molecule has 0 bridgehead atoms. The first-order chi connectivity index (χ1) is 14.2. The first kappa shape index (κ1) is 23.7. The highest BCUT2D eigenvalue weighted by atomic mass is 16.7. The SMILES string of the molecule is CCCCN1CCN(C(=O)C2=C[C@H](OC(C)=O)[C@@H](OC(C)=O)[C@H](OC(C)=O)O2)CC1. The van der Waals surface area contributed by atoms with Crippen molar-refractivity contribution in [2.75, 3.05) is 32.7 Å². The van der Waals surface area contributed by atoms with Crippen LogP contribution in [0, 0.1) is 0 Å². The predicted octanol–water partition coefficient (Wildman–Crippen LogP) is 0.597. The van der Waals surface area contributed by atoms with Gasteiger partial charge in [0.05, 0.1) is 0 Å². The van der Waals surface area contributed by atoms with Crippen LogP contribution in [0.1, 0.15) is 40.5 Å². The molecule has 0 spiro atoms. The van der Waals surface area contributed by atoms with E-state index in [1.54, 1.807) is 4.90 Å². The number of piperazine rings is 1. The summed E-state index contributed by atoms with van der Waals surface area (Å²) in [6.45, 7) is 9.17. The molecule has 0 aromatic heterocycles. The van der Waals surface area contributed by atoms with E-state index in [0.29, 0.717) is 13.1 Å². The third-order valence-corrected chi connectivity index (χ3v) is 4.74. The fraction of sp³-hybridized carbons (Fsp3) is 0.700. The molecule has 10 nitrogen and oxygen atoms in total. The molecule has 0 radical (unpaired) electrons. The maximum Gasteiger partial charge on any atom is 0.305 e. The van der Waals surface area contributed by atoms with Crippen molar-refractivity contribution in [1.82, 2.24) is 9.80 Å². The third kappa shape index (κ3) is 6.72. The van der Waals surface area contributed by atoms with Gasteiger partial charge in [0, 0.05) is 53.0 Å². The zero-order chi connectivity index (χ0) is 22.3. The first-order valence-electron chi connectivity index (χ1n) is 10.1. The molecule has 2 aliphatic heterocycles. The quantitative estimate of drug-likeness (QED) is 0.427. The molecule has 0 N–H and O–H groups in total. The van der Waals surface area contributed by atoms with Crippen molar-refractivity contribution in [1.29, 1.82) is 0 Å². The van der Waals surface area contributed by atoms with Crippen LogP contribution in [0.5, 0.6) is 0 Å². The standard InChI is InChI=1S/C20H30N2O8/c1-5-6-7-21-8-10-22(11-9-21)19(26)17-12-16(27-13(2)23)18(28-14(3)24)20(30-17)29-15(4)25/h12,16,18,20H,5-11H2,1-4H3/t16-,18+,20+/m0/s1. The minimum absolute atomic E-state index is 0.113. The van der Waals surface area contributed by atoms with Gasteiger partial charge < -0.3 is 23.8 Å². The Balaban J connectivity index is 2.17. The number of ether oxygens (including phenoxy) is 4. The topological polar surface area (TPSA) is 112 Å². The van der Waals surface area contributed by atoms with Crippen LogP contribution in [-0.2, 0) is 38.1 Å². The summed E-state index contributed by atoms with van der Waals surface area (Å²) in [6, 6.07) is 0. The number of carbonyl (C=O) groups is 4. The van der Waals surface area contributed by atoms with Crippen molar-refractivity contribution in [3.63, 3.8) is 0 Å². The van der Waals surface area contributed by atoms with Gasteiger partial charge >= 0.3 is 17.9 Å². The highest BCUT2D eigenvalue weighted by molar-refractivity contribution is 5.92. The van der Waals surface area contributed by atoms with Crippen LogP contribution in [0.25, 0.3) is 0 Å². The van der Waals surface area contributed by atoms with Gasteiger partial charge in [0.15, 0.2) is 11.9 Å². The summed E-state index contributed by atoms with van der Waals surface area (Å²) in [5.74, 6) is -2.53. The Morgan fingerprint density at radius 3 is 2.10 bits per heavy atom. The van der Waals surface area contributed by atoms with Crippen molar-refractivity contribution in [3.8, 4) is 0 Å². The highest BCUT2D eigenvalue weighted by Crippen LogP contribution is 2.26. The lowest BCUT2D eigenvalue weighted by molar-refractivity contribution is -0.223. The smallest absolute Gasteiger partial charge is 0.305 e. The van der Waals surface area contributed by atoms with Gasteiger partial charge in [0.1, 0.15) is 0 Å². The maximum absolute atomic E-state index is 13.0. The molecule has 0 saturated carbocycles. The average Bonchev–Trinajstić information content (AvgIpc) is 2.67. The van der Waals surface area contributed by atoms with Crippen LogP contribution in [0.15, 0.2) is 11.8 Å². The van der Waals surface area contributed by atoms with Gasteiger partial charge in [-0.3, -0.25) is 24.1 Å². The minimum atomic E-state index is -1.41. The van der Waals surface area contributed by atoms with E-state index < -0.39 is 42.3 Å². The Kier molecular flexibility index (Phi) is 8.64. The summed E-state index contributed by atoms with van der Waals surface area (Å²) in [7, 11) is 0. The van der Waals surface area contributed by atoms with E-state index in [1.165, 1.54) is 13.0 Å². The molecule has 0 aromatic rings. The Morgan fingerprint density at radius 1 is 0.967 bits per heavy atom. The number of hydrogen-bond donors (Lipinski definition) is 0. The molecule has 30 heavy (non-hydrogen) atoms. The molecule has 3 atom stereocenters. The number of nitrogens with zero attached hydrogens (tertiary/aromatic N) is 2. The van der Waals surface area contributed by atoms with Gasteiger partial charge in [-0.15, -0.1) is 0 Å². The monoisotopic (exact) mass is 426 g/mol. The predicted molar refractivity (Wildman–Crippen MR) is 104 cm³/mol. The summed E-state index contributed by atoms with van der Waals surface area (Å²) in [6.07, 6.45) is -0.259. The number of rotatable bonds is 7. The van der Waals surface area contributed by atoms with Gasteiger partial charge in [0.25, 0.3) is 12.2 Å². The lowest BCUT2D eigenvalue weighted by Gasteiger charge is -2.38. The van der Waals surface area contributed by atoms with E-state index in [9.17, 15) is 19.2 Å². The molecular weight excluding hydrogens is 396 g/mol. The van der Waals surface area contributed by atoms with Gasteiger partial charge in [-0.25, -0.2) is 0 Å². The normalized spacial score (nSPS) is 24.3. The van der Waals surface area contributed by atoms with Crippen LogP contribution in [0.3, 0.4) is 0 Å². The fourth-order valence-electron chi connectivity index (χ4n) is 3.33. The molecule has 0 unspecified atom stereocenters. The van der Waals surface area contributed by atoms with Crippen LogP contribution in [-0.4, -0.2) is 84.8 Å². The Labute approximate surface area is 176 Å². The van der Waals surface area contributed by atoms with E-state index in [1.807, 2.05) is 0 Å². The Hall–Kier alpha value is -2.62. The average molecular weight is 426 g/mol. The van der Waals surface area contributed by atoms with E-state index in [2.05, 4.69) is 11.8 Å². The zero-order valence-electron chi connectivity index (χ0n) is 17.9. The van der Waals surface area contributed by atoms with Crippen LogP contribution in [0.4, 0.5) is 0 Å². The summed E-state index contributed by atoms with van der Waals surface area (Å²) in [5, 5.41) is 0. The summed E-state index contributed by atoms with van der Waals surface area (Å²) >= 11 is 0. The summed E-state index contributed by atoms with van der Waals surface area (Å²) in [4.78, 5) is 51.4. The number of unbranched alkanes of at least 4 members (excludes halogenated alkanes) is 1. The lowest BCUT2D eigenvalue weighted by atomic mass is 10.1. The third-order valence-electron chi connectivity index (χ3n) is 4.74. The number of carbonyl (C=O) groups excluding carboxylic acids is 4. The number of amides is 1. The molecule has 0 aliphatic carbocycles. The molecule has 2 rings (SSSR count). The van der Waals surface area contributed by atoms with Crippen molar-refractivity contribution in [3.05, 3.63) is 11.8 Å². The number of hydrogen-bond acceptors (Lipinski definition) is 9. The molecule has 1 amide bonds. The summed E-state index contributed by atoms with van der Waals surface area (Å²) < 4.78 is 21.0. The summed E-state index contributed by atoms with van der Waals surface area (Å²) in [5.41, 5.74) is 0. The van der Waals surface area contributed by atoms with Crippen molar-refractivity contribution in [2.24, 2.45) is 0 Å². The van der Waals surface area contributed by atoms with E-state index in [-0.39, 0.29) is 5.76 Å². The van der Waals surface area contributed by atoms with Crippen LogP contribution >= 0.6 is 0 Å². The molecule has 2 heterocycles. The first-order valence-corrected chi connectivity index (χ1v) is 10.1. The molecule has 0 aromatic carbocycles. The lowest BCUT2D eigenvalue weighted by Crippen LogP contribution is -2.52. The zero-order valence-corrected chi connectivity index (χ0v) is 17.9. The number of esters is 3. The Bertz CT molecular complexity index is 684. The second-order valence-corrected chi connectivity index (χ2v) is 7.26. The van der Waals surface area contributed by atoms with E-state index in [0.717, 1.165) is 46.3 Å². The van der Waals surface area contributed by atoms with Crippen LogP contribution in [0.2, 0.25) is 0 Å². The largest absolute Gasteiger partial charge is 0.454 e. The van der Waals surface area contributed by atoms with E-state index in [4.69, 9.17) is 18.9 Å². The van der Waals surface area contributed by atoms with E-state index >= 15 is 0 Å².